The zero-order valence-corrected chi connectivity index (χ0v) is 20.6. The number of nitrogens with one attached hydrogen (secondary N) is 1. The molecule has 0 bridgehead atoms. The van der Waals surface area contributed by atoms with Crippen molar-refractivity contribution in [2.24, 2.45) is 0 Å². The van der Waals surface area contributed by atoms with Crippen molar-refractivity contribution in [2.75, 3.05) is 6.79 Å². The fourth-order valence-electron chi connectivity index (χ4n) is 3.90. The van der Waals surface area contributed by atoms with Crippen molar-refractivity contribution in [1.82, 2.24) is 14.9 Å². The van der Waals surface area contributed by atoms with E-state index in [1.54, 1.807) is 34.9 Å². The van der Waals surface area contributed by atoms with Crippen LogP contribution in [-0.4, -0.2) is 28.3 Å². The number of fused-ring (bicyclic) bond motifs is 2. The minimum absolute atomic E-state index is 0.0351. The molecular formula is C27H24FN3O4S. The van der Waals surface area contributed by atoms with Gasteiger partial charge < -0.3 is 14.8 Å². The number of benzene rings is 3. The Kier molecular flexibility index (Phi) is 6.65. The van der Waals surface area contributed by atoms with Gasteiger partial charge in [0.25, 0.3) is 11.5 Å². The Morgan fingerprint density at radius 3 is 2.56 bits per heavy atom. The topological polar surface area (TPSA) is 82.5 Å². The van der Waals surface area contributed by atoms with Crippen LogP contribution in [0.5, 0.6) is 11.5 Å². The first-order valence-corrected chi connectivity index (χ1v) is 12.5. The van der Waals surface area contributed by atoms with E-state index in [4.69, 9.17) is 14.5 Å². The molecule has 0 saturated carbocycles. The normalized spacial score (nSPS) is 12.3. The molecule has 0 saturated heterocycles. The quantitative estimate of drug-likeness (QED) is 0.289. The molecule has 0 radical (unpaired) electrons. The standard InChI is InChI=1S/C27H24FN3O4S/c1-16(2)29-25(32)19-8-6-17(7-9-19)13-31-26(33)21-11-23-24(35-15-34-23)12-22(21)30-27(31)36-14-18-4-3-5-20(28)10-18/h3-12,16H,13-15H2,1-2H3,(H,29,32). The first-order chi connectivity index (χ1) is 17.4. The van der Waals surface area contributed by atoms with Crippen LogP contribution in [0.25, 0.3) is 10.9 Å². The Bertz CT molecular complexity index is 1500. The smallest absolute Gasteiger partial charge is 0.262 e. The molecule has 9 heteroatoms. The second-order valence-corrected chi connectivity index (χ2v) is 9.69. The van der Waals surface area contributed by atoms with Crippen LogP contribution in [0, 0.1) is 5.82 Å². The number of aromatic nitrogens is 2. The van der Waals surface area contributed by atoms with Gasteiger partial charge in [0.1, 0.15) is 5.82 Å². The lowest BCUT2D eigenvalue weighted by atomic mass is 10.1. The third kappa shape index (κ3) is 5.06. The van der Waals surface area contributed by atoms with Gasteiger partial charge in [0.05, 0.1) is 17.4 Å². The fraction of sp³-hybridized carbons (Fsp3) is 0.222. The van der Waals surface area contributed by atoms with Gasteiger partial charge in [-0.2, -0.15) is 0 Å². The second kappa shape index (κ2) is 10.0. The van der Waals surface area contributed by atoms with Gasteiger partial charge >= 0.3 is 0 Å². The van der Waals surface area contributed by atoms with E-state index in [0.717, 1.165) is 11.1 Å². The third-order valence-corrected chi connectivity index (χ3v) is 6.69. The number of amides is 1. The first-order valence-electron chi connectivity index (χ1n) is 11.5. The van der Waals surface area contributed by atoms with Crippen molar-refractivity contribution >= 4 is 28.6 Å². The predicted molar refractivity (Wildman–Crippen MR) is 136 cm³/mol. The van der Waals surface area contributed by atoms with Crippen LogP contribution in [0.3, 0.4) is 0 Å². The molecule has 1 amide bonds. The van der Waals surface area contributed by atoms with E-state index < -0.39 is 0 Å². The van der Waals surface area contributed by atoms with Crippen LogP contribution in [0.1, 0.15) is 35.3 Å². The molecule has 0 aliphatic carbocycles. The van der Waals surface area contributed by atoms with Crippen molar-refractivity contribution in [1.29, 1.82) is 0 Å². The number of hydrogen-bond acceptors (Lipinski definition) is 6. The summed E-state index contributed by atoms with van der Waals surface area (Å²) in [6.07, 6.45) is 0. The van der Waals surface area contributed by atoms with E-state index in [0.29, 0.717) is 38.9 Å². The maximum atomic E-state index is 13.7. The summed E-state index contributed by atoms with van der Waals surface area (Å²) in [5.41, 5.74) is 2.45. The van der Waals surface area contributed by atoms with E-state index >= 15 is 0 Å². The van der Waals surface area contributed by atoms with Crippen molar-refractivity contribution in [2.45, 2.75) is 37.3 Å². The maximum absolute atomic E-state index is 13.7. The monoisotopic (exact) mass is 505 g/mol. The highest BCUT2D eigenvalue weighted by Gasteiger charge is 2.19. The van der Waals surface area contributed by atoms with Gasteiger partial charge in [-0.3, -0.25) is 14.2 Å². The zero-order valence-electron chi connectivity index (χ0n) is 19.8. The van der Waals surface area contributed by atoms with E-state index in [1.807, 2.05) is 32.0 Å². The predicted octanol–water partition coefficient (Wildman–Crippen LogP) is 4.74. The van der Waals surface area contributed by atoms with E-state index in [1.165, 1.54) is 23.9 Å². The number of rotatable bonds is 7. The number of carbonyl (C=O) groups is 1. The average molecular weight is 506 g/mol. The Labute approximate surface area is 211 Å². The van der Waals surface area contributed by atoms with E-state index in [2.05, 4.69) is 5.32 Å². The van der Waals surface area contributed by atoms with Crippen LogP contribution >= 0.6 is 11.8 Å². The van der Waals surface area contributed by atoms with Crippen molar-refractivity contribution in [3.8, 4) is 11.5 Å². The molecule has 2 heterocycles. The van der Waals surface area contributed by atoms with Gasteiger partial charge in [-0.15, -0.1) is 0 Å². The molecule has 0 spiro atoms. The summed E-state index contributed by atoms with van der Waals surface area (Å²) in [5.74, 6) is 1.03. The fourth-order valence-corrected chi connectivity index (χ4v) is 4.85. The van der Waals surface area contributed by atoms with Crippen LogP contribution in [0.4, 0.5) is 4.39 Å². The third-order valence-electron chi connectivity index (χ3n) is 5.65. The highest BCUT2D eigenvalue weighted by Crippen LogP contribution is 2.35. The van der Waals surface area contributed by atoms with Gasteiger partial charge in [0.15, 0.2) is 16.7 Å². The molecule has 3 aromatic carbocycles. The van der Waals surface area contributed by atoms with Gasteiger partial charge in [-0.1, -0.05) is 36.0 Å². The molecule has 1 N–H and O–H groups in total. The summed E-state index contributed by atoms with van der Waals surface area (Å²) in [6, 6.07) is 16.9. The summed E-state index contributed by atoms with van der Waals surface area (Å²) < 4.78 is 26.2. The van der Waals surface area contributed by atoms with Crippen LogP contribution < -0.4 is 20.3 Å². The van der Waals surface area contributed by atoms with Gasteiger partial charge in [0.2, 0.25) is 6.79 Å². The van der Waals surface area contributed by atoms with Gasteiger partial charge in [-0.05, 0) is 55.3 Å². The minimum Gasteiger partial charge on any atom is -0.454 e. The molecule has 1 aromatic heterocycles. The minimum atomic E-state index is -0.314. The Morgan fingerprint density at radius 2 is 1.83 bits per heavy atom. The lowest BCUT2D eigenvalue weighted by molar-refractivity contribution is 0.0943. The molecule has 1 aliphatic heterocycles. The molecule has 36 heavy (non-hydrogen) atoms. The molecule has 0 atom stereocenters. The summed E-state index contributed by atoms with van der Waals surface area (Å²) in [6.45, 7) is 4.16. The summed E-state index contributed by atoms with van der Waals surface area (Å²) in [4.78, 5) is 30.7. The first kappa shape index (κ1) is 23.9. The summed E-state index contributed by atoms with van der Waals surface area (Å²) >= 11 is 1.35. The number of hydrogen-bond donors (Lipinski definition) is 1. The number of ether oxygens (including phenoxy) is 2. The summed E-state index contributed by atoms with van der Waals surface area (Å²) in [7, 11) is 0. The van der Waals surface area contributed by atoms with Gasteiger partial charge in [-0.25, -0.2) is 9.37 Å². The lowest BCUT2D eigenvalue weighted by Gasteiger charge is -2.14. The zero-order chi connectivity index (χ0) is 25.2. The molecule has 7 nitrogen and oxygen atoms in total. The Hall–Kier alpha value is -3.85. The maximum Gasteiger partial charge on any atom is 0.262 e. The van der Waals surface area contributed by atoms with Crippen LogP contribution in [0.2, 0.25) is 0 Å². The van der Waals surface area contributed by atoms with Crippen LogP contribution in [-0.2, 0) is 12.3 Å². The molecule has 1 aliphatic rings. The highest BCUT2D eigenvalue weighted by molar-refractivity contribution is 7.98. The Balaban J connectivity index is 1.50. The highest BCUT2D eigenvalue weighted by atomic mass is 32.2. The summed E-state index contributed by atoms with van der Waals surface area (Å²) in [5, 5.41) is 3.78. The molecule has 0 fully saturated rings. The second-order valence-electron chi connectivity index (χ2n) is 8.75. The molecule has 0 unspecified atom stereocenters. The van der Waals surface area contributed by atoms with E-state index in [9.17, 15) is 14.0 Å². The SMILES string of the molecule is CC(C)NC(=O)c1ccc(Cn2c(SCc3cccc(F)c3)nc3cc4c(cc3c2=O)OCO4)cc1. The van der Waals surface area contributed by atoms with Gasteiger partial charge in [0, 0.05) is 23.4 Å². The number of nitrogens with zero attached hydrogens (tertiary/aromatic N) is 2. The van der Waals surface area contributed by atoms with Crippen molar-refractivity contribution < 1.29 is 18.7 Å². The average Bonchev–Trinajstić information content (AvgIpc) is 3.31. The largest absolute Gasteiger partial charge is 0.454 e. The van der Waals surface area contributed by atoms with Crippen molar-refractivity contribution in [3.63, 3.8) is 0 Å². The number of halogens is 1. The number of carbonyl (C=O) groups excluding carboxylic acids is 1. The van der Waals surface area contributed by atoms with E-state index in [-0.39, 0.29) is 36.7 Å². The molecule has 4 aromatic rings. The lowest BCUT2D eigenvalue weighted by Crippen LogP contribution is -2.30. The molecule has 184 valence electrons. The molecular weight excluding hydrogens is 481 g/mol. The molecule has 5 rings (SSSR count). The van der Waals surface area contributed by atoms with Crippen molar-refractivity contribution in [3.05, 3.63) is 93.5 Å². The number of thioether (sulfide) groups is 1. The Morgan fingerprint density at radius 1 is 1.08 bits per heavy atom. The van der Waals surface area contributed by atoms with Crippen LogP contribution in [0.15, 0.2) is 70.6 Å².